The molecule has 0 atom stereocenters. The molecule has 0 saturated carbocycles. The maximum Gasteiger partial charge on any atom is 0.128 e. The largest absolute Gasteiger partial charge is 0.357 e. The van der Waals surface area contributed by atoms with Crippen LogP contribution >= 0.6 is 0 Å². The Balaban J connectivity index is 1.90. The van der Waals surface area contributed by atoms with Gasteiger partial charge in [-0.25, -0.2) is 4.98 Å². The molecule has 0 bridgehead atoms. The first-order valence-electron chi connectivity index (χ1n) is 8.05. The van der Waals surface area contributed by atoms with Gasteiger partial charge in [0.15, 0.2) is 0 Å². The lowest BCUT2D eigenvalue weighted by molar-refractivity contribution is 0.141. The number of nitrogens with zero attached hydrogens (tertiary/aromatic N) is 3. The molecule has 0 aliphatic carbocycles. The molecule has 1 aromatic heterocycles. The third-order valence-corrected chi connectivity index (χ3v) is 4.78. The quantitative estimate of drug-likeness (QED) is 0.820. The first-order chi connectivity index (χ1) is 9.65. The van der Waals surface area contributed by atoms with Crippen LogP contribution in [0.25, 0.3) is 0 Å². The lowest BCUT2D eigenvalue weighted by atomic mass is 10.00. The zero-order chi connectivity index (χ0) is 14.5. The van der Waals surface area contributed by atoms with Gasteiger partial charge in [-0.3, -0.25) is 0 Å². The molecule has 112 valence electrons. The number of aryl methyl sites for hydroxylation is 1. The molecule has 0 N–H and O–H groups in total. The van der Waals surface area contributed by atoms with Crippen molar-refractivity contribution in [1.82, 2.24) is 9.88 Å². The fraction of sp³-hybridized carbons (Fsp3) is 0.706. The summed E-state index contributed by atoms with van der Waals surface area (Å²) >= 11 is 0. The van der Waals surface area contributed by atoms with Gasteiger partial charge in [0, 0.05) is 31.4 Å². The van der Waals surface area contributed by atoms with Gasteiger partial charge in [0.1, 0.15) is 5.82 Å². The molecule has 1 fully saturated rings. The zero-order valence-electron chi connectivity index (χ0n) is 13.5. The highest BCUT2D eigenvalue weighted by Gasteiger charge is 2.25. The van der Waals surface area contributed by atoms with E-state index in [2.05, 4.69) is 54.7 Å². The van der Waals surface area contributed by atoms with Crippen LogP contribution in [0.1, 0.15) is 45.1 Å². The molecule has 2 rings (SSSR count). The van der Waals surface area contributed by atoms with Crippen LogP contribution < -0.4 is 4.90 Å². The van der Waals surface area contributed by atoms with E-state index in [1.54, 1.807) is 0 Å². The number of hydrogen-bond donors (Lipinski definition) is 0. The molecular formula is C17H29N3. The molecule has 1 aliphatic rings. The fourth-order valence-electron chi connectivity index (χ4n) is 3.31. The number of aromatic nitrogens is 1. The minimum absolute atomic E-state index is 0.738. The molecule has 1 aromatic rings. The van der Waals surface area contributed by atoms with Crippen molar-refractivity contribution in [2.75, 3.05) is 25.0 Å². The van der Waals surface area contributed by atoms with E-state index in [0.29, 0.717) is 0 Å². The number of piperidine rings is 1. The number of anilines is 1. The van der Waals surface area contributed by atoms with Crippen LogP contribution in [0.4, 0.5) is 5.82 Å². The average Bonchev–Trinajstić information content (AvgIpc) is 2.49. The third-order valence-electron chi connectivity index (χ3n) is 4.78. The second-order valence-electron chi connectivity index (χ2n) is 6.05. The Morgan fingerprint density at radius 2 is 1.90 bits per heavy atom. The summed E-state index contributed by atoms with van der Waals surface area (Å²) in [7, 11) is 2.31. The smallest absolute Gasteiger partial charge is 0.128 e. The molecule has 0 spiro atoms. The standard InChI is InChI=1S/C17H29N3/c1-5-15(6-2)19(4)16-9-11-20(12-10-16)17-8-7-14(3)13-18-17/h7-8,13,15-16H,5-6,9-12H2,1-4H3. The Bertz CT molecular complexity index is 389. The highest BCUT2D eigenvalue weighted by atomic mass is 15.2. The topological polar surface area (TPSA) is 19.4 Å². The summed E-state index contributed by atoms with van der Waals surface area (Å²) in [4.78, 5) is 9.59. The van der Waals surface area contributed by atoms with Gasteiger partial charge in [0.05, 0.1) is 0 Å². The van der Waals surface area contributed by atoms with Gasteiger partial charge in [-0.15, -0.1) is 0 Å². The molecule has 0 unspecified atom stereocenters. The van der Waals surface area contributed by atoms with Crippen LogP contribution in [0.3, 0.4) is 0 Å². The molecule has 2 heterocycles. The second kappa shape index (κ2) is 7.07. The molecule has 1 aliphatic heterocycles. The van der Waals surface area contributed by atoms with E-state index in [0.717, 1.165) is 31.0 Å². The number of pyridine rings is 1. The summed E-state index contributed by atoms with van der Waals surface area (Å²) < 4.78 is 0. The Kier molecular flexibility index (Phi) is 5.41. The minimum atomic E-state index is 0.738. The lowest BCUT2D eigenvalue weighted by Crippen LogP contribution is -2.47. The Hall–Kier alpha value is -1.09. The van der Waals surface area contributed by atoms with Crippen LogP contribution in [0.5, 0.6) is 0 Å². The van der Waals surface area contributed by atoms with Crippen molar-refractivity contribution in [2.45, 2.75) is 58.5 Å². The normalized spacial score (nSPS) is 17.2. The van der Waals surface area contributed by atoms with Crippen LogP contribution in [0.15, 0.2) is 18.3 Å². The van der Waals surface area contributed by atoms with Gasteiger partial charge in [-0.2, -0.15) is 0 Å². The highest BCUT2D eigenvalue weighted by Crippen LogP contribution is 2.23. The van der Waals surface area contributed by atoms with Gasteiger partial charge in [0.25, 0.3) is 0 Å². The summed E-state index contributed by atoms with van der Waals surface area (Å²) in [5.41, 5.74) is 1.23. The van der Waals surface area contributed by atoms with Crippen LogP contribution in [0.2, 0.25) is 0 Å². The van der Waals surface area contributed by atoms with Crippen molar-refractivity contribution in [1.29, 1.82) is 0 Å². The summed E-state index contributed by atoms with van der Waals surface area (Å²) in [6.07, 6.45) is 6.99. The molecule has 3 heteroatoms. The Labute approximate surface area is 124 Å². The van der Waals surface area contributed by atoms with Crippen LogP contribution in [-0.4, -0.2) is 42.1 Å². The van der Waals surface area contributed by atoms with E-state index in [-0.39, 0.29) is 0 Å². The maximum atomic E-state index is 4.55. The van der Waals surface area contributed by atoms with Crippen molar-refractivity contribution in [3.8, 4) is 0 Å². The average molecular weight is 275 g/mol. The maximum absolute atomic E-state index is 4.55. The van der Waals surface area contributed by atoms with Gasteiger partial charge >= 0.3 is 0 Å². The van der Waals surface area contributed by atoms with Crippen molar-refractivity contribution >= 4 is 5.82 Å². The zero-order valence-corrected chi connectivity index (χ0v) is 13.5. The second-order valence-corrected chi connectivity index (χ2v) is 6.05. The summed E-state index contributed by atoms with van der Waals surface area (Å²) in [5, 5.41) is 0. The fourth-order valence-corrected chi connectivity index (χ4v) is 3.31. The van der Waals surface area contributed by atoms with E-state index in [9.17, 15) is 0 Å². The van der Waals surface area contributed by atoms with E-state index in [1.807, 2.05) is 6.20 Å². The molecule has 20 heavy (non-hydrogen) atoms. The molecular weight excluding hydrogens is 246 g/mol. The molecule has 0 aromatic carbocycles. The summed E-state index contributed by atoms with van der Waals surface area (Å²) in [6.45, 7) is 8.95. The van der Waals surface area contributed by atoms with E-state index in [1.165, 1.54) is 31.2 Å². The highest BCUT2D eigenvalue weighted by molar-refractivity contribution is 5.39. The molecule has 3 nitrogen and oxygen atoms in total. The van der Waals surface area contributed by atoms with Gasteiger partial charge in [-0.1, -0.05) is 19.9 Å². The number of hydrogen-bond acceptors (Lipinski definition) is 3. The van der Waals surface area contributed by atoms with Gasteiger partial charge < -0.3 is 9.80 Å². The van der Waals surface area contributed by atoms with Crippen LogP contribution in [-0.2, 0) is 0 Å². The summed E-state index contributed by atoms with van der Waals surface area (Å²) in [5.74, 6) is 1.14. The number of rotatable bonds is 5. The third kappa shape index (κ3) is 3.51. The molecule has 0 amide bonds. The van der Waals surface area contributed by atoms with Crippen molar-refractivity contribution in [3.63, 3.8) is 0 Å². The predicted octanol–water partition coefficient (Wildman–Crippen LogP) is 3.48. The molecule has 0 radical (unpaired) electrons. The predicted molar refractivity (Wildman–Crippen MR) is 86.3 cm³/mol. The summed E-state index contributed by atoms with van der Waals surface area (Å²) in [6, 6.07) is 5.79. The Morgan fingerprint density at radius 3 is 2.40 bits per heavy atom. The van der Waals surface area contributed by atoms with Crippen molar-refractivity contribution in [2.24, 2.45) is 0 Å². The van der Waals surface area contributed by atoms with Crippen molar-refractivity contribution < 1.29 is 0 Å². The van der Waals surface area contributed by atoms with E-state index in [4.69, 9.17) is 0 Å². The first kappa shape index (κ1) is 15.3. The Morgan fingerprint density at radius 1 is 1.25 bits per heavy atom. The lowest BCUT2D eigenvalue weighted by Gasteiger charge is -2.40. The SMILES string of the molecule is CCC(CC)N(C)C1CCN(c2ccc(C)cn2)CC1. The van der Waals surface area contributed by atoms with Crippen LogP contribution in [0, 0.1) is 6.92 Å². The molecule has 1 saturated heterocycles. The van der Waals surface area contributed by atoms with Gasteiger partial charge in [0.2, 0.25) is 0 Å². The monoisotopic (exact) mass is 275 g/mol. The van der Waals surface area contributed by atoms with Crippen molar-refractivity contribution in [3.05, 3.63) is 23.9 Å². The van der Waals surface area contributed by atoms with E-state index >= 15 is 0 Å². The van der Waals surface area contributed by atoms with Gasteiger partial charge in [-0.05, 0) is 51.3 Å². The van der Waals surface area contributed by atoms with E-state index < -0.39 is 0 Å². The minimum Gasteiger partial charge on any atom is -0.357 e. The first-order valence-corrected chi connectivity index (χ1v) is 8.05.